The Morgan fingerprint density at radius 2 is 1.75 bits per heavy atom. The number of methoxy groups -OCH3 is 1. The summed E-state index contributed by atoms with van der Waals surface area (Å²) in [5.74, 6) is 1.01. The first kappa shape index (κ1) is 18.5. The van der Waals surface area contributed by atoms with E-state index in [1.807, 2.05) is 52.7 Å². The molecule has 3 aromatic rings. The zero-order chi connectivity index (χ0) is 19.3. The van der Waals surface area contributed by atoms with E-state index < -0.39 is 0 Å². The molecule has 144 valence electrons. The first-order chi connectivity index (χ1) is 13.7. The second kappa shape index (κ2) is 8.44. The van der Waals surface area contributed by atoms with Crippen molar-refractivity contribution in [3.63, 3.8) is 0 Å². The van der Waals surface area contributed by atoms with Gasteiger partial charge in [-0.15, -0.1) is 11.3 Å². The number of benzene rings is 2. The van der Waals surface area contributed by atoms with E-state index in [1.54, 1.807) is 18.4 Å². The molecule has 0 bridgehead atoms. The van der Waals surface area contributed by atoms with Gasteiger partial charge in [0.05, 0.1) is 19.2 Å². The van der Waals surface area contributed by atoms with Crippen molar-refractivity contribution >= 4 is 22.9 Å². The van der Waals surface area contributed by atoms with Gasteiger partial charge in [0.1, 0.15) is 10.8 Å². The molecular weight excluding hydrogens is 370 g/mol. The smallest absolute Gasteiger partial charge is 0.228 e. The number of hydrogen-bond acceptors (Lipinski definition) is 5. The highest BCUT2D eigenvalue weighted by atomic mass is 32.1. The van der Waals surface area contributed by atoms with Crippen molar-refractivity contribution < 1.29 is 9.53 Å². The van der Waals surface area contributed by atoms with Gasteiger partial charge in [0, 0.05) is 42.8 Å². The normalized spacial score (nSPS) is 14.2. The third-order valence-corrected chi connectivity index (χ3v) is 5.91. The van der Waals surface area contributed by atoms with Crippen LogP contribution in [0.5, 0.6) is 5.75 Å². The number of thiazole rings is 1. The van der Waals surface area contributed by atoms with Crippen molar-refractivity contribution in [2.75, 3.05) is 38.2 Å². The maximum Gasteiger partial charge on any atom is 0.228 e. The summed E-state index contributed by atoms with van der Waals surface area (Å²) < 4.78 is 5.22. The molecule has 1 aliphatic rings. The molecule has 0 radical (unpaired) electrons. The Labute approximate surface area is 169 Å². The second-order valence-corrected chi connectivity index (χ2v) is 7.61. The Balaban J connectivity index is 1.32. The topological polar surface area (TPSA) is 45.7 Å². The second-order valence-electron chi connectivity index (χ2n) is 6.75. The SMILES string of the molecule is COc1ccc(N2CCN(C(=O)Cc3csc(-c4ccccc4)n3)CC2)cc1. The summed E-state index contributed by atoms with van der Waals surface area (Å²) in [5, 5.41) is 2.96. The van der Waals surface area contributed by atoms with Gasteiger partial charge >= 0.3 is 0 Å². The molecule has 1 aliphatic heterocycles. The molecule has 2 aromatic carbocycles. The number of rotatable bonds is 5. The van der Waals surface area contributed by atoms with Crippen LogP contribution in [0.2, 0.25) is 0 Å². The molecule has 1 saturated heterocycles. The van der Waals surface area contributed by atoms with Crippen LogP contribution in [-0.4, -0.2) is 49.1 Å². The molecular formula is C22H23N3O2S. The minimum atomic E-state index is 0.152. The number of piperazine rings is 1. The molecule has 1 aromatic heterocycles. The Morgan fingerprint density at radius 3 is 2.43 bits per heavy atom. The lowest BCUT2D eigenvalue weighted by Gasteiger charge is -2.36. The maximum atomic E-state index is 12.7. The predicted molar refractivity (Wildman–Crippen MR) is 113 cm³/mol. The van der Waals surface area contributed by atoms with Crippen molar-refractivity contribution in [3.05, 3.63) is 65.7 Å². The van der Waals surface area contributed by atoms with Crippen LogP contribution in [0, 0.1) is 0 Å². The average molecular weight is 394 g/mol. The number of hydrogen-bond donors (Lipinski definition) is 0. The van der Waals surface area contributed by atoms with Crippen molar-refractivity contribution in [3.8, 4) is 16.3 Å². The molecule has 0 aliphatic carbocycles. The van der Waals surface area contributed by atoms with E-state index in [2.05, 4.69) is 22.0 Å². The number of nitrogens with zero attached hydrogens (tertiary/aromatic N) is 3. The third kappa shape index (κ3) is 4.17. The number of ether oxygens (including phenoxy) is 1. The first-order valence-corrected chi connectivity index (χ1v) is 10.3. The van der Waals surface area contributed by atoms with Gasteiger partial charge in [-0.3, -0.25) is 4.79 Å². The summed E-state index contributed by atoms with van der Waals surface area (Å²) in [4.78, 5) is 21.6. The molecule has 5 nitrogen and oxygen atoms in total. The molecule has 1 fully saturated rings. The molecule has 0 saturated carbocycles. The fourth-order valence-electron chi connectivity index (χ4n) is 3.38. The van der Waals surface area contributed by atoms with Crippen LogP contribution in [0.25, 0.3) is 10.6 Å². The highest BCUT2D eigenvalue weighted by Crippen LogP contribution is 2.24. The van der Waals surface area contributed by atoms with Crippen LogP contribution in [0.4, 0.5) is 5.69 Å². The zero-order valence-electron chi connectivity index (χ0n) is 15.9. The summed E-state index contributed by atoms with van der Waals surface area (Å²) in [6, 6.07) is 18.2. The highest BCUT2D eigenvalue weighted by molar-refractivity contribution is 7.13. The average Bonchev–Trinajstić information content (AvgIpc) is 3.23. The summed E-state index contributed by atoms with van der Waals surface area (Å²) in [6.07, 6.45) is 0.367. The summed E-state index contributed by atoms with van der Waals surface area (Å²) in [6.45, 7) is 3.15. The maximum absolute atomic E-state index is 12.7. The Kier molecular flexibility index (Phi) is 5.58. The first-order valence-electron chi connectivity index (χ1n) is 9.39. The van der Waals surface area contributed by atoms with E-state index in [0.29, 0.717) is 6.42 Å². The monoisotopic (exact) mass is 393 g/mol. The minimum absolute atomic E-state index is 0.152. The van der Waals surface area contributed by atoms with Crippen molar-refractivity contribution in [2.24, 2.45) is 0 Å². The quantitative estimate of drug-likeness (QED) is 0.663. The lowest BCUT2D eigenvalue weighted by atomic mass is 10.2. The van der Waals surface area contributed by atoms with E-state index in [-0.39, 0.29) is 5.91 Å². The molecule has 0 unspecified atom stereocenters. The van der Waals surface area contributed by atoms with Gasteiger partial charge in [-0.25, -0.2) is 4.98 Å². The predicted octanol–water partition coefficient (Wildman–Crippen LogP) is 3.71. The van der Waals surface area contributed by atoms with Gasteiger partial charge in [-0.05, 0) is 24.3 Å². The van der Waals surface area contributed by atoms with Crippen LogP contribution in [0.3, 0.4) is 0 Å². The molecule has 0 spiro atoms. The third-order valence-electron chi connectivity index (χ3n) is 4.97. The van der Waals surface area contributed by atoms with Gasteiger partial charge < -0.3 is 14.5 Å². The van der Waals surface area contributed by atoms with Crippen LogP contribution < -0.4 is 9.64 Å². The lowest BCUT2D eigenvalue weighted by Crippen LogP contribution is -2.49. The largest absolute Gasteiger partial charge is 0.497 e. The van der Waals surface area contributed by atoms with Crippen LogP contribution >= 0.6 is 11.3 Å². The minimum Gasteiger partial charge on any atom is -0.497 e. The summed E-state index contributed by atoms with van der Waals surface area (Å²) in [7, 11) is 1.67. The summed E-state index contributed by atoms with van der Waals surface area (Å²) >= 11 is 1.59. The molecule has 2 heterocycles. The van der Waals surface area contributed by atoms with Crippen LogP contribution in [0.15, 0.2) is 60.0 Å². The van der Waals surface area contributed by atoms with E-state index in [1.165, 1.54) is 5.69 Å². The standard InChI is InChI=1S/C22H23N3O2S/c1-27-20-9-7-19(8-10-20)24-11-13-25(14-12-24)21(26)15-18-16-28-22(23-18)17-5-3-2-4-6-17/h2-10,16H,11-15H2,1H3. The van der Waals surface area contributed by atoms with Gasteiger partial charge in [-0.1, -0.05) is 30.3 Å². The Bertz CT molecular complexity index is 916. The van der Waals surface area contributed by atoms with Gasteiger partial charge in [0.2, 0.25) is 5.91 Å². The van der Waals surface area contributed by atoms with Crippen LogP contribution in [0.1, 0.15) is 5.69 Å². The van der Waals surface area contributed by atoms with E-state index >= 15 is 0 Å². The molecule has 0 N–H and O–H groups in total. The van der Waals surface area contributed by atoms with Crippen LogP contribution in [-0.2, 0) is 11.2 Å². The zero-order valence-corrected chi connectivity index (χ0v) is 16.7. The fourth-order valence-corrected chi connectivity index (χ4v) is 4.20. The Morgan fingerprint density at radius 1 is 1.04 bits per heavy atom. The number of carbonyl (C=O) groups excluding carboxylic acids is 1. The van der Waals surface area contributed by atoms with Gasteiger partial charge in [-0.2, -0.15) is 0 Å². The van der Waals surface area contributed by atoms with Crippen molar-refractivity contribution in [2.45, 2.75) is 6.42 Å². The molecule has 4 rings (SSSR count). The van der Waals surface area contributed by atoms with Gasteiger partial charge in [0.15, 0.2) is 0 Å². The number of amides is 1. The van der Waals surface area contributed by atoms with Crippen molar-refractivity contribution in [1.29, 1.82) is 0 Å². The lowest BCUT2D eigenvalue weighted by molar-refractivity contribution is -0.130. The number of anilines is 1. The highest BCUT2D eigenvalue weighted by Gasteiger charge is 2.22. The van der Waals surface area contributed by atoms with E-state index in [4.69, 9.17) is 4.74 Å². The van der Waals surface area contributed by atoms with E-state index in [9.17, 15) is 4.79 Å². The Hall–Kier alpha value is -2.86. The summed E-state index contributed by atoms with van der Waals surface area (Å²) in [5.41, 5.74) is 3.12. The molecule has 6 heteroatoms. The van der Waals surface area contributed by atoms with Gasteiger partial charge in [0.25, 0.3) is 0 Å². The number of carbonyl (C=O) groups is 1. The fraction of sp³-hybridized carbons (Fsp3) is 0.273. The van der Waals surface area contributed by atoms with Crippen molar-refractivity contribution in [1.82, 2.24) is 9.88 Å². The van der Waals surface area contributed by atoms with E-state index in [0.717, 1.165) is 48.2 Å². The molecule has 1 amide bonds. The molecule has 0 atom stereocenters. The molecule has 28 heavy (non-hydrogen) atoms. The number of aromatic nitrogens is 1.